The molecule has 0 radical (unpaired) electrons. The summed E-state index contributed by atoms with van der Waals surface area (Å²) in [5, 5.41) is 12.0. The van der Waals surface area contributed by atoms with Gasteiger partial charge in [-0.05, 0) is 112 Å². The molecule has 1 N–H and O–H groups in total. The zero-order valence-electron chi connectivity index (χ0n) is 21.2. The first kappa shape index (κ1) is 23.7. The van der Waals surface area contributed by atoms with Gasteiger partial charge in [0.2, 0.25) is 0 Å². The molecule has 0 aliphatic heterocycles. The maximum Gasteiger partial charge on any atom is 0.131 e. The van der Waals surface area contributed by atoms with E-state index in [2.05, 4.69) is 92.6 Å². The SMILES string of the molecule is COc1c(C)cc(C)c(/C(=C(\O)c2c(C)cc(C)cc2C)c2c(C)cc(C)cc2C)c1C. The summed E-state index contributed by atoms with van der Waals surface area (Å²) in [5.74, 6) is 1.20. The summed E-state index contributed by atoms with van der Waals surface area (Å²) in [4.78, 5) is 0. The van der Waals surface area contributed by atoms with E-state index in [4.69, 9.17) is 4.74 Å². The van der Waals surface area contributed by atoms with E-state index in [1.54, 1.807) is 7.11 Å². The highest BCUT2D eigenvalue weighted by Gasteiger charge is 2.24. The molecule has 2 heteroatoms. The van der Waals surface area contributed by atoms with Crippen molar-refractivity contribution in [2.24, 2.45) is 0 Å². The van der Waals surface area contributed by atoms with Gasteiger partial charge in [-0.1, -0.05) is 41.5 Å². The molecule has 0 bridgehead atoms. The molecule has 3 aromatic rings. The summed E-state index contributed by atoms with van der Waals surface area (Å²) < 4.78 is 5.78. The largest absolute Gasteiger partial charge is 0.507 e. The first-order valence-corrected chi connectivity index (χ1v) is 11.2. The van der Waals surface area contributed by atoms with E-state index in [0.717, 1.165) is 67.0 Å². The number of aliphatic hydroxyl groups excluding tert-OH is 1. The van der Waals surface area contributed by atoms with Crippen LogP contribution in [0.2, 0.25) is 0 Å². The lowest BCUT2D eigenvalue weighted by Crippen LogP contribution is -2.07. The molecule has 3 rings (SSSR count). The Labute approximate surface area is 193 Å². The fourth-order valence-electron chi connectivity index (χ4n) is 5.48. The van der Waals surface area contributed by atoms with E-state index in [1.165, 1.54) is 11.1 Å². The van der Waals surface area contributed by atoms with Crippen LogP contribution in [0.25, 0.3) is 11.3 Å². The lowest BCUT2D eigenvalue weighted by atomic mass is 9.82. The predicted molar refractivity (Wildman–Crippen MR) is 137 cm³/mol. The van der Waals surface area contributed by atoms with Crippen LogP contribution in [0, 0.1) is 62.3 Å². The molecule has 3 aromatic carbocycles. The van der Waals surface area contributed by atoms with Crippen molar-refractivity contribution < 1.29 is 9.84 Å². The number of rotatable bonds is 4. The third kappa shape index (κ3) is 4.07. The summed E-state index contributed by atoms with van der Waals surface area (Å²) in [6.07, 6.45) is 0. The Morgan fingerprint density at radius 1 is 0.562 bits per heavy atom. The van der Waals surface area contributed by atoms with Gasteiger partial charge in [0.25, 0.3) is 0 Å². The Bertz CT molecular complexity index is 1200. The standard InChI is InChI=1S/C30H36O2/c1-16-11-18(3)25(19(4)12-16)28(27-22(7)15-23(8)30(32-10)24(27)9)29(31)26-20(5)13-17(2)14-21(26)6/h11-15,31H,1-10H3/b29-28-. The first-order valence-electron chi connectivity index (χ1n) is 11.2. The lowest BCUT2D eigenvalue weighted by molar-refractivity contribution is 0.408. The second-order valence-electron chi connectivity index (χ2n) is 9.31. The Morgan fingerprint density at radius 3 is 1.41 bits per heavy atom. The summed E-state index contributed by atoms with van der Waals surface area (Å²) in [5.41, 5.74) is 14.1. The third-order valence-corrected chi connectivity index (χ3v) is 6.43. The van der Waals surface area contributed by atoms with Gasteiger partial charge >= 0.3 is 0 Å². The minimum Gasteiger partial charge on any atom is -0.507 e. The van der Waals surface area contributed by atoms with E-state index >= 15 is 0 Å². The normalized spacial score (nSPS) is 12.1. The molecule has 0 saturated carbocycles. The Morgan fingerprint density at radius 2 is 0.969 bits per heavy atom. The van der Waals surface area contributed by atoms with Gasteiger partial charge in [0.15, 0.2) is 0 Å². The minimum atomic E-state index is 0.326. The molecule has 0 atom stereocenters. The van der Waals surface area contributed by atoms with Gasteiger partial charge in [-0.2, -0.15) is 0 Å². The van der Waals surface area contributed by atoms with Crippen molar-refractivity contribution in [1.29, 1.82) is 0 Å². The van der Waals surface area contributed by atoms with Crippen LogP contribution in [-0.4, -0.2) is 12.2 Å². The van der Waals surface area contributed by atoms with Gasteiger partial charge in [-0.3, -0.25) is 0 Å². The minimum absolute atomic E-state index is 0.326. The zero-order valence-corrected chi connectivity index (χ0v) is 21.2. The summed E-state index contributed by atoms with van der Waals surface area (Å²) >= 11 is 0. The molecule has 32 heavy (non-hydrogen) atoms. The van der Waals surface area contributed by atoms with Gasteiger partial charge < -0.3 is 9.84 Å². The smallest absolute Gasteiger partial charge is 0.131 e. The topological polar surface area (TPSA) is 29.5 Å². The van der Waals surface area contributed by atoms with Crippen LogP contribution in [0.5, 0.6) is 5.75 Å². The van der Waals surface area contributed by atoms with Gasteiger partial charge in [0, 0.05) is 11.1 Å². The van der Waals surface area contributed by atoms with Crippen molar-refractivity contribution in [2.75, 3.05) is 7.11 Å². The third-order valence-electron chi connectivity index (χ3n) is 6.43. The van der Waals surface area contributed by atoms with Crippen LogP contribution in [0.4, 0.5) is 0 Å². The average Bonchev–Trinajstić information content (AvgIpc) is 2.65. The van der Waals surface area contributed by atoms with E-state index in [9.17, 15) is 5.11 Å². The summed E-state index contributed by atoms with van der Waals surface area (Å²) in [7, 11) is 1.72. The Balaban J connectivity index is 2.56. The lowest BCUT2D eigenvalue weighted by Gasteiger charge is -2.24. The van der Waals surface area contributed by atoms with Gasteiger partial charge in [0.05, 0.1) is 7.11 Å². The van der Waals surface area contributed by atoms with Crippen molar-refractivity contribution in [2.45, 2.75) is 62.3 Å². The molecule has 0 heterocycles. The fourth-order valence-corrected chi connectivity index (χ4v) is 5.48. The molecule has 0 aliphatic carbocycles. The van der Waals surface area contributed by atoms with Crippen molar-refractivity contribution in [3.8, 4) is 5.75 Å². The van der Waals surface area contributed by atoms with Crippen molar-refractivity contribution >= 4 is 11.3 Å². The summed E-state index contributed by atoms with van der Waals surface area (Å²) in [6.45, 7) is 18.9. The molecule has 0 aliphatic rings. The van der Waals surface area contributed by atoms with Crippen LogP contribution >= 0.6 is 0 Å². The van der Waals surface area contributed by atoms with Crippen LogP contribution in [0.3, 0.4) is 0 Å². The maximum absolute atomic E-state index is 12.0. The van der Waals surface area contributed by atoms with E-state index in [0.29, 0.717) is 5.76 Å². The van der Waals surface area contributed by atoms with Crippen LogP contribution in [-0.2, 0) is 0 Å². The molecular weight excluding hydrogens is 392 g/mol. The second kappa shape index (κ2) is 8.86. The molecule has 0 fully saturated rings. The number of benzene rings is 3. The van der Waals surface area contributed by atoms with Crippen molar-refractivity contribution in [3.63, 3.8) is 0 Å². The van der Waals surface area contributed by atoms with Gasteiger partial charge in [0.1, 0.15) is 11.5 Å². The predicted octanol–water partition coefficient (Wildman–Crippen LogP) is 7.95. The molecule has 2 nitrogen and oxygen atoms in total. The highest BCUT2D eigenvalue weighted by atomic mass is 16.5. The number of hydrogen-bond donors (Lipinski definition) is 1. The summed E-state index contributed by atoms with van der Waals surface area (Å²) in [6, 6.07) is 10.8. The van der Waals surface area contributed by atoms with E-state index < -0.39 is 0 Å². The molecule has 0 spiro atoms. The van der Waals surface area contributed by atoms with Crippen molar-refractivity contribution in [1.82, 2.24) is 0 Å². The van der Waals surface area contributed by atoms with Gasteiger partial charge in [-0.15, -0.1) is 0 Å². The second-order valence-corrected chi connectivity index (χ2v) is 9.31. The number of ether oxygens (including phenoxy) is 1. The number of hydrogen-bond acceptors (Lipinski definition) is 2. The van der Waals surface area contributed by atoms with Gasteiger partial charge in [-0.25, -0.2) is 0 Å². The quantitative estimate of drug-likeness (QED) is 0.337. The van der Waals surface area contributed by atoms with Crippen LogP contribution in [0.1, 0.15) is 66.8 Å². The first-order chi connectivity index (χ1) is 15.0. The molecule has 0 aromatic heterocycles. The highest BCUT2D eigenvalue weighted by Crippen LogP contribution is 2.42. The highest BCUT2D eigenvalue weighted by molar-refractivity contribution is 6.00. The Hall–Kier alpha value is -3.00. The molecule has 0 saturated heterocycles. The molecule has 168 valence electrons. The maximum atomic E-state index is 12.0. The zero-order chi connectivity index (χ0) is 23.9. The average molecular weight is 429 g/mol. The van der Waals surface area contributed by atoms with Crippen LogP contribution in [0.15, 0.2) is 30.3 Å². The van der Waals surface area contributed by atoms with Crippen LogP contribution < -0.4 is 4.74 Å². The molecular formula is C30H36O2. The fraction of sp³-hybridized carbons (Fsp3) is 0.333. The molecule has 0 amide bonds. The monoisotopic (exact) mass is 428 g/mol. The number of methoxy groups -OCH3 is 1. The van der Waals surface area contributed by atoms with E-state index in [1.807, 2.05) is 0 Å². The Kier molecular flexibility index (Phi) is 6.55. The number of aliphatic hydroxyl groups is 1. The van der Waals surface area contributed by atoms with Crippen molar-refractivity contribution in [3.05, 3.63) is 97.1 Å². The van der Waals surface area contributed by atoms with E-state index in [-0.39, 0.29) is 0 Å². The molecule has 0 unspecified atom stereocenters. The number of aryl methyl sites for hydroxylation is 8.